The van der Waals surface area contributed by atoms with E-state index in [0.717, 1.165) is 19.3 Å². The van der Waals surface area contributed by atoms with Gasteiger partial charge in [-0.2, -0.15) is 4.31 Å². The van der Waals surface area contributed by atoms with Crippen LogP contribution in [0, 0.1) is 11.8 Å². The van der Waals surface area contributed by atoms with E-state index in [9.17, 15) is 8.42 Å². The average molecular weight is 276 g/mol. The van der Waals surface area contributed by atoms with E-state index in [-0.39, 0.29) is 17.2 Å². The van der Waals surface area contributed by atoms with Gasteiger partial charge in [0.05, 0.1) is 5.75 Å². The van der Waals surface area contributed by atoms with Gasteiger partial charge in [0.1, 0.15) is 0 Å². The van der Waals surface area contributed by atoms with Crippen molar-refractivity contribution in [3.8, 4) is 0 Å². The highest BCUT2D eigenvalue weighted by Gasteiger charge is 2.42. The molecule has 0 aromatic carbocycles. The number of hydrogen-bond acceptors (Lipinski definition) is 3. The van der Waals surface area contributed by atoms with Crippen LogP contribution in [0.5, 0.6) is 0 Å². The van der Waals surface area contributed by atoms with E-state index >= 15 is 0 Å². The molecule has 2 atom stereocenters. The summed E-state index contributed by atoms with van der Waals surface area (Å²) in [4.78, 5) is 0. The molecule has 0 aromatic rings. The fourth-order valence-corrected chi connectivity index (χ4v) is 4.96. The maximum absolute atomic E-state index is 12.4. The molecule has 0 radical (unpaired) electrons. The molecule has 2 N–H and O–H groups in total. The summed E-state index contributed by atoms with van der Waals surface area (Å²) in [5.74, 6) is 0.909. The minimum absolute atomic E-state index is 0.147. The van der Waals surface area contributed by atoms with Gasteiger partial charge < -0.3 is 5.73 Å². The van der Waals surface area contributed by atoms with Crippen LogP contribution in [0.15, 0.2) is 0 Å². The van der Waals surface area contributed by atoms with Gasteiger partial charge in [-0.1, -0.05) is 33.6 Å². The fraction of sp³-hybridized carbons (Fsp3) is 1.00. The van der Waals surface area contributed by atoms with Gasteiger partial charge in [0, 0.05) is 19.1 Å². The number of nitrogens with zero attached hydrogens (tertiary/aromatic N) is 1. The Hall–Kier alpha value is -0.130. The molecule has 1 aliphatic rings. The number of likely N-dealkylation sites (N-methyl/N-ethyl adjacent to an activating group) is 1. The first kappa shape index (κ1) is 15.9. The van der Waals surface area contributed by atoms with Gasteiger partial charge in [0.25, 0.3) is 0 Å². The molecule has 1 aliphatic carbocycles. The van der Waals surface area contributed by atoms with Gasteiger partial charge in [-0.15, -0.1) is 0 Å². The van der Waals surface area contributed by atoms with Crippen LogP contribution >= 0.6 is 0 Å². The molecule has 4 nitrogen and oxygen atoms in total. The summed E-state index contributed by atoms with van der Waals surface area (Å²) in [5.41, 5.74) is 5.57. The Bertz CT molecular complexity index is 367. The van der Waals surface area contributed by atoms with Crippen LogP contribution in [-0.4, -0.2) is 37.6 Å². The molecule has 1 fully saturated rings. The summed E-state index contributed by atoms with van der Waals surface area (Å²) in [7, 11) is -1.49. The molecule has 18 heavy (non-hydrogen) atoms. The second-order valence-electron chi connectivity index (χ2n) is 6.27. The summed E-state index contributed by atoms with van der Waals surface area (Å²) in [6.45, 7) is 6.48. The van der Waals surface area contributed by atoms with Gasteiger partial charge in [-0.3, -0.25) is 0 Å². The zero-order valence-electron chi connectivity index (χ0n) is 12.1. The standard InChI is InChI=1S/C13H28N2O2S/c1-11(2)9-18(16,17)15(4)13(10-14)7-5-6-12(3)8-13/h11-12H,5-10,14H2,1-4H3. The zero-order chi connectivity index (χ0) is 14.0. The number of nitrogens with two attached hydrogens (primary N) is 1. The maximum atomic E-state index is 12.4. The molecule has 0 saturated heterocycles. The van der Waals surface area contributed by atoms with E-state index < -0.39 is 10.0 Å². The van der Waals surface area contributed by atoms with Crippen molar-refractivity contribution in [2.24, 2.45) is 17.6 Å². The normalized spacial score (nSPS) is 30.1. The number of rotatable bonds is 5. The topological polar surface area (TPSA) is 63.4 Å². The predicted molar refractivity (Wildman–Crippen MR) is 75.8 cm³/mol. The van der Waals surface area contributed by atoms with Crippen LogP contribution in [-0.2, 0) is 10.0 Å². The molecule has 2 unspecified atom stereocenters. The van der Waals surface area contributed by atoms with E-state index in [1.165, 1.54) is 6.42 Å². The lowest BCUT2D eigenvalue weighted by Gasteiger charge is -2.45. The third-order valence-electron chi connectivity index (χ3n) is 4.08. The molecular weight excluding hydrogens is 248 g/mol. The van der Waals surface area contributed by atoms with Crippen molar-refractivity contribution in [3.63, 3.8) is 0 Å². The second kappa shape index (κ2) is 5.88. The quantitative estimate of drug-likeness (QED) is 0.833. The molecular formula is C13H28N2O2S. The molecule has 0 aromatic heterocycles. The average Bonchev–Trinajstić information content (AvgIpc) is 2.26. The van der Waals surface area contributed by atoms with E-state index in [1.807, 2.05) is 13.8 Å². The van der Waals surface area contributed by atoms with Gasteiger partial charge in [0.2, 0.25) is 10.0 Å². The Morgan fingerprint density at radius 1 is 1.44 bits per heavy atom. The highest BCUT2D eigenvalue weighted by molar-refractivity contribution is 7.89. The van der Waals surface area contributed by atoms with Crippen LogP contribution < -0.4 is 5.73 Å². The highest BCUT2D eigenvalue weighted by atomic mass is 32.2. The Morgan fingerprint density at radius 2 is 2.06 bits per heavy atom. The molecule has 108 valence electrons. The minimum Gasteiger partial charge on any atom is -0.329 e. The molecule has 0 heterocycles. The molecule has 1 saturated carbocycles. The van der Waals surface area contributed by atoms with Gasteiger partial charge in [-0.05, 0) is 24.7 Å². The zero-order valence-corrected chi connectivity index (χ0v) is 13.0. The SMILES string of the molecule is CC(C)CS(=O)(=O)N(C)C1(CN)CCCC(C)C1. The number of hydrogen-bond donors (Lipinski definition) is 1. The Labute approximate surface area is 112 Å². The summed E-state index contributed by atoms with van der Waals surface area (Å²) >= 11 is 0. The largest absolute Gasteiger partial charge is 0.329 e. The smallest absolute Gasteiger partial charge is 0.214 e. The number of sulfonamides is 1. The van der Waals surface area contributed by atoms with Crippen molar-refractivity contribution in [3.05, 3.63) is 0 Å². The van der Waals surface area contributed by atoms with Crippen molar-refractivity contribution < 1.29 is 8.42 Å². The summed E-state index contributed by atoms with van der Waals surface area (Å²) in [6.07, 6.45) is 4.03. The summed E-state index contributed by atoms with van der Waals surface area (Å²) in [5, 5.41) is 0. The maximum Gasteiger partial charge on any atom is 0.214 e. The second-order valence-corrected chi connectivity index (χ2v) is 8.31. The first-order valence-electron chi connectivity index (χ1n) is 6.90. The molecule has 5 heteroatoms. The monoisotopic (exact) mass is 276 g/mol. The van der Waals surface area contributed by atoms with E-state index in [0.29, 0.717) is 12.5 Å². The van der Waals surface area contributed by atoms with E-state index in [2.05, 4.69) is 6.92 Å². The van der Waals surface area contributed by atoms with Gasteiger partial charge >= 0.3 is 0 Å². The molecule has 0 aliphatic heterocycles. The fourth-order valence-electron chi connectivity index (χ4n) is 3.06. The lowest BCUT2D eigenvalue weighted by Crippen LogP contribution is -2.57. The molecule has 0 amide bonds. The Kier molecular flexibility index (Phi) is 5.21. The van der Waals surface area contributed by atoms with Crippen LogP contribution in [0.1, 0.15) is 46.5 Å². The molecule has 1 rings (SSSR count). The van der Waals surface area contributed by atoms with Crippen LogP contribution in [0.3, 0.4) is 0 Å². The Morgan fingerprint density at radius 3 is 2.50 bits per heavy atom. The van der Waals surface area contributed by atoms with Crippen molar-refractivity contribution in [2.75, 3.05) is 19.3 Å². The molecule has 0 bridgehead atoms. The van der Waals surface area contributed by atoms with Crippen molar-refractivity contribution >= 4 is 10.0 Å². The Balaban J connectivity index is 2.94. The van der Waals surface area contributed by atoms with Crippen LogP contribution in [0.2, 0.25) is 0 Å². The van der Waals surface area contributed by atoms with E-state index in [4.69, 9.17) is 5.73 Å². The minimum atomic E-state index is -3.20. The van der Waals surface area contributed by atoms with Gasteiger partial charge in [-0.25, -0.2) is 8.42 Å². The van der Waals surface area contributed by atoms with Crippen molar-refractivity contribution in [2.45, 2.75) is 52.0 Å². The third kappa shape index (κ3) is 3.45. The third-order valence-corrected chi connectivity index (χ3v) is 6.39. The molecule has 0 spiro atoms. The van der Waals surface area contributed by atoms with Crippen LogP contribution in [0.4, 0.5) is 0 Å². The summed E-state index contributed by atoms with van der Waals surface area (Å²) in [6, 6.07) is 0. The van der Waals surface area contributed by atoms with E-state index in [1.54, 1.807) is 11.4 Å². The van der Waals surface area contributed by atoms with Crippen molar-refractivity contribution in [1.82, 2.24) is 4.31 Å². The predicted octanol–water partition coefficient (Wildman–Crippen LogP) is 1.81. The van der Waals surface area contributed by atoms with Gasteiger partial charge in [0.15, 0.2) is 0 Å². The highest BCUT2D eigenvalue weighted by Crippen LogP contribution is 2.37. The lowest BCUT2D eigenvalue weighted by atomic mass is 9.76. The van der Waals surface area contributed by atoms with Crippen molar-refractivity contribution in [1.29, 1.82) is 0 Å². The summed E-state index contributed by atoms with van der Waals surface area (Å²) < 4.78 is 26.3. The first-order valence-corrected chi connectivity index (χ1v) is 8.51. The lowest BCUT2D eigenvalue weighted by molar-refractivity contribution is 0.127. The first-order chi connectivity index (χ1) is 8.23. The van der Waals surface area contributed by atoms with Crippen LogP contribution in [0.25, 0.3) is 0 Å².